The fraction of sp³-hybridized carbons (Fsp3) is 0.318. The number of rotatable bonds is 7. The summed E-state index contributed by atoms with van der Waals surface area (Å²) in [7, 11) is 0. The lowest BCUT2D eigenvalue weighted by Crippen LogP contribution is -2.28. The minimum absolute atomic E-state index is 0.0638. The van der Waals surface area contributed by atoms with Gasteiger partial charge in [0.25, 0.3) is 5.89 Å². The van der Waals surface area contributed by atoms with Gasteiger partial charge in [0.2, 0.25) is 11.7 Å². The van der Waals surface area contributed by atoms with Crippen LogP contribution < -0.4 is 5.32 Å². The van der Waals surface area contributed by atoms with Gasteiger partial charge < -0.3 is 14.4 Å². The minimum Gasteiger partial charge on any atom is -0.354 e. The van der Waals surface area contributed by atoms with Crippen molar-refractivity contribution in [3.05, 3.63) is 58.5 Å². The monoisotopic (exact) mass is 472 g/mol. The molecule has 0 atom stereocenters. The normalized spacial score (nSPS) is 13.9. The van der Waals surface area contributed by atoms with Crippen LogP contribution >= 0.6 is 15.9 Å². The number of carbonyl (C=O) groups is 1. The molecule has 2 aromatic heterocycles. The van der Waals surface area contributed by atoms with Crippen LogP contribution in [-0.4, -0.2) is 27.2 Å². The molecule has 0 bridgehead atoms. The molecule has 8 heteroatoms. The average molecular weight is 473 g/mol. The zero-order valence-corrected chi connectivity index (χ0v) is 18.0. The predicted molar refractivity (Wildman–Crippen MR) is 115 cm³/mol. The molecule has 0 radical (unpaired) electrons. The number of allylic oxidation sites excluding steroid dienone is 1. The van der Waals surface area contributed by atoms with Crippen LogP contribution in [0.5, 0.6) is 0 Å². The summed E-state index contributed by atoms with van der Waals surface area (Å²) in [5.41, 5.74) is 2.72. The van der Waals surface area contributed by atoms with Gasteiger partial charge in [0.15, 0.2) is 0 Å². The van der Waals surface area contributed by atoms with Gasteiger partial charge >= 0.3 is 0 Å². The Morgan fingerprint density at radius 1 is 1.30 bits per heavy atom. The van der Waals surface area contributed by atoms with E-state index in [1.54, 1.807) is 22.9 Å². The molecule has 2 heterocycles. The first kappa shape index (κ1) is 20.5. The lowest BCUT2D eigenvalue weighted by atomic mass is 9.97. The molecule has 0 saturated heterocycles. The minimum atomic E-state index is -0.359. The number of nitrogens with one attached hydrogen (secondary N) is 1. The van der Waals surface area contributed by atoms with Gasteiger partial charge in [0, 0.05) is 18.3 Å². The molecule has 6 nitrogen and oxygen atoms in total. The van der Waals surface area contributed by atoms with Crippen LogP contribution in [0.4, 0.5) is 4.39 Å². The molecule has 4 rings (SSSR count). The van der Waals surface area contributed by atoms with Crippen molar-refractivity contribution in [2.24, 2.45) is 0 Å². The predicted octanol–water partition coefficient (Wildman–Crippen LogP) is 5.11. The zero-order chi connectivity index (χ0) is 20.9. The highest BCUT2D eigenvalue weighted by Gasteiger charge is 2.16. The largest absolute Gasteiger partial charge is 0.354 e. The molecule has 1 aliphatic rings. The van der Waals surface area contributed by atoms with Crippen molar-refractivity contribution in [2.45, 2.75) is 38.6 Å². The molecule has 0 fully saturated rings. The van der Waals surface area contributed by atoms with Gasteiger partial charge in [0.05, 0.1) is 4.47 Å². The third-order valence-corrected chi connectivity index (χ3v) is 5.73. The number of hydrogen-bond acceptors (Lipinski definition) is 4. The topological polar surface area (TPSA) is 73.0 Å². The molecular weight excluding hydrogens is 451 g/mol. The van der Waals surface area contributed by atoms with Crippen molar-refractivity contribution in [1.82, 2.24) is 20.0 Å². The van der Waals surface area contributed by atoms with Crippen molar-refractivity contribution >= 4 is 21.8 Å². The van der Waals surface area contributed by atoms with Crippen LogP contribution in [0.1, 0.15) is 32.1 Å². The van der Waals surface area contributed by atoms with E-state index in [2.05, 4.69) is 37.5 Å². The van der Waals surface area contributed by atoms with Crippen LogP contribution in [0, 0.1) is 5.82 Å². The maximum Gasteiger partial charge on any atom is 0.274 e. The van der Waals surface area contributed by atoms with Crippen LogP contribution in [0.2, 0.25) is 0 Å². The molecule has 1 N–H and O–H groups in total. The smallest absolute Gasteiger partial charge is 0.274 e. The lowest BCUT2D eigenvalue weighted by Gasteiger charge is -2.13. The van der Waals surface area contributed by atoms with E-state index in [9.17, 15) is 9.18 Å². The summed E-state index contributed by atoms with van der Waals surface area (Å²) in [5.74, 6) is 0.229. The van der Waals surface area contributed by atoms with E-state index in [1.165, 1.54) is 24.5 Å². The molecule has 3 aromatic rings. The van der Waals surface area contributed by atoms with Crippen LogP contribution in [0.15, 0.2) is 57.2 Å². The van der Waals surface area contributed by atoms with Crippen molar-refractivity contribution in [1.29, 1.82) is 0 Å². The Labute approximate surface area is 182 Å². The molecular formula is C22H22BrFN4O2. The highest BCUT2D eigenvalue weighted by Crippen LogP contribution is 2.26. The van der Waals surface area contributed by atoms with Gasteiger partial charge in [-0.05, 0) is 78.4 Å². The third kappa shape index (κ3) is 4.87. The van der Waals surface area contributed by atoms with Gasteiger partial charge in [0.1, 0.15) is 18.1 Å². The highest BCUT2D eigenvalue weighted by molar-refractivity contribution is 9.10. The second-order valence-corrected chi connectivity index (χ2v) is 8.14. The first-order valence-electron chi connectivity index (χ1n) is 9.99. The SMILES string of the molecule is O=C(Cn1cccc1-c1nc(-c2ccc(F)c(Br)c2)no1)NCCC1=CCCCC1. The molecule has 0 aliphatic heterocycles. The second kappa shape index (κ2) is 9.38. The molecule has 0 spiro atoms. The Balaban J connectivity index is 1.39. The van der Waals surface area contributed by atoms with Crippen molar-refractivity contribution in [3.8, 4) is 23.0 Å². The summed E-state index contributed by atoms with van der Waals surface area (Å²) in [6, 6.07) is 8.17. The van der Waals surface area contributed by atoms with Gasteiger partial charge in [-0.3, -0.25) is 4.79 Å². The van der Waals surface area contributed by atoms with E-state index < -0.39 is 0 Å². The van der Waals surface area contributed by atoms with Crippen LogP contribution in [0.3, 0.4) is 0 Å². The van der Waals surface area contributed by atoms with E-state index in [4.69, 9.17) is 4.52 Å². The zero-order valence-electron chi connectivity index (χ0n) is 16.4. The fourth-order valence-corrected chi connectivity index (χ4v) is 3.91. The fourth-order valence-electron chi connectivity index (χ4n) is 3.53. The van der Waals surface area contributed by atoms with Crippen molar-refractivity contribution < 1.29 is 13.7 Å². The molecule has 30 heavy (non-hydrogen) atoms. The standard InChI is InChI=1S/C22H22BrFN4O2/c23-17-13-16(8-9-18(17)24)21-26-22(30-27-21)19-7-4-12-28(19)14-20(29)25-11-10-15-5-2-1-3-6-15/h4-5,7-9,12-13H,1-3,6,10-11,14H2,(H,25,29). The Morgan fingerprint density at radius 2 is 2.20 bits per heavy atom. The van der Waals surface area contributed by atoms with Crippen molar-refractivity contribution in [2.75, 3.05) is 6.54 Å². The molecule has 0 saturated carbocycles. The first-order chi connectivity index (χ1) is 14.6. The van der Waals surface area contributed by atoms with E-state index in [0.29, 0.717) is 34.0 Å². The quantitative estimate of drug-likeness (QED) is 0.484. The average Bonchev–Trinajstić information content (AvgIpc) is 3.40. The van der Waals surface area contributed by atoms with Crippen molar-refractivity contribution in [3.63, 3.8) is 0 Å². The van der Waals surface area contributed by atoms with Gasteiger partial charge in [-0.1, -0.05) is 16.8 Å². The summed E-state index contributed by atoms with van der Waals surface area (Å²) in [4.78, 5) is 16.8. The van der Waals surface area contributed by atoms with Crippen LogP contribution in [0.25, 0.3) is 23.0 Å². The number of hydrogen-bond donors (Lipinski definition) is 1. The van der Waals surface area contributed by atoms with Gasteiger partial charge in [-0.15, -0.1) is 0 Å². The molecule has 156 valence electrons. The van der Waals surface area contributed by atoms with E-state index in [0.717, 1.165) is 19.3 Å². The van der Waals surface area contributed by atoms with E-state index in [1.807, 2.05) is 12.1 Å². The summed E-state index contributed by atoms with van der Waals surface area (Å²) < 4.78 is 20.9. The number of amides is 1. The maximum atomic E-state index is 13.5. The molecule has 1 aliphatic carbocycles. The number of aromatic nitrogens is 3. The Kier molecular flexibility index (Phi) is 6.42. The summed E-state index contributed by atoms with van der Waals surface area (Å²) in [6.45, 7) is 0.812. The van der Waals surface area contributed by atoms with E-state index >= 15 is 0 Å². The Bertz CT molecular complexity index is 1070. The summed E-state index contributed by atoms with van der Waals surface area (Å²) >= 11 is 3.16. The number of carbonyl (C=O) groups excluding carboxylic acids is 1. The summed E-state index contributed by atoms with van der Waals surface area (Å²) in [6.07, 6.45) is 9.81. The van der Waals surface area contributed by atoms with E-state index in [-0.39, 0.29) is 18.3 Å². The number of nitrogens with zero attached hydrogens (tertiary/aromatic N) is 3. The first-order valence-corrected chi connectivity index (χ1v) is 10.8. The van der Waals surface area contributed by atoms with Crippen LogP contribution in [-0.2, 0) is 11.3 Å². The Hall–Kier alpha value is -2.74. The molecule has 0 unspecified atom stereocenters. The number of halogens is 2. The maximum absolute atomic E-state index is 13.5. The lowest BCUT2D eigenvalue weighted by molar-refractivity contribution is -0.121. The number of benzene rings is 1. The second-order valence-electron chi connectivity index (χ2n) is 7.28. The van der Waals surface area contributed by atoms with Gasteiger partial charge in [-0.2, -0.15) is 4.98 Å². The Morgan fingerprint density at radius 3 is 3.00 bits per heavy atom. The summed E-state index contributed by atoms with van der Waals surface area (Å²) in [5, 5.41) is 6.97. The van der Waals surface area contributed by atoms with Gasteiger partial charge in [-0.25, -0.2) is 4.39 Å². The highest BCUT2D eigenvalue weighted by atomic mass is 79.9. The third-order valence-electron chi connectivity index (χ3n) is 5.12. The molecule has 1 amide bonds. The molecule has 1 aromatic carbocycles.